The van der Waals surface area contributed by atoms with Crippen LogP contribution >= 0.6 is 0 Å². The van der Waals surface area contributed by atoms with Gasteiger partial charge in [0, 0.05) is 54.5 Å². The van der Waals surface area contributed by atoms with E-state index in [4.69, 9.17) is 4.74 Å². The van der Waals surface area contributed by atoms with Crippen LogP contribution in [0.1, 0.15) is 35.7 Å². The van der Waals surface area contributed by atoms with Crippen LogP contribution in [0.3, 0.4) is 0 Å². The normalized spacial score (nSPS) is 13.8. The largest absolute Gasteiger partial charge is 0.465 e. The van der Waals surface area contributed by atoms with Crippen LogP contribution in [0.25, 0.3) is 22.0 Å². The number of methoxy groups -OCH3 is 1. The van der Waals surface area contributed by atoms with Gasteiger partial charge in [0.05, 0.1) is 12.7 Å². The molecular formula is C31H33N3O3. The molecule has 5 rings (SSSR count). The van der Waals surface area contributed by atoms with Crippen LogP contribution in [0, 0.1) is 0 Å². The second-order valence-corrected chi connectivity index (χ2v) is 9.87. The summed E-state index contributed by atoms with van der Waals surface area (Å²) in [5.74, 6) is 0.203. The summed E-state index contributed by atoms with van der Waals surface area (Å²) in [5, 5.41) is 1.00. The SMILES string of the molecule is COC(=O)c1ccc2c(-c3ccccc3)cn(CC(=O)N3CCN(c4ccc(C(C)C)cc4)CC3)c2c1. The van der Waals surface area contributed by atoms with Gasteiger partial charge in [0.25, 0.3) is 0 Å². The maximum absolute atomic E-state index is 13.4. The molecule has 2 heterocycles. The standard InChI is InChI=1S/C31H33N3O3/c1-22(2)23-9-12-26(13-10-23)32-15-17-33(18-16-32)30(35)21-34-20-28(24-7-5-4-6-8-24)27-14-11-25(19-29(27)34)31(36)37-3/h4-14,19-20,22H,15-18,21H2,1-3H3. The summed E-state index contributed by atoms with van der Waals surface area (Å²) in [7, 11) is 1.38. The summed E-state index contributed by atoms with van der Waals surface area (Å²) in [5.41, 5.74) is 5.96. The highest BCUT2D eigenvalue weighted by Crippen LogP contribution is 2.32. The molecule has 6 nitrogen and oxygen atoms in total. The van der Waals surface area contributed by atoms with Crippen molar-refractivity contribution in [2.24, 2.45) is 0 Å². The van der Waals surface area contributed by atoms with E-state index >= 15 is 0 Å². The number of carbonyl (C=O) groups excluding carboxylic acids is 2. The van der Waals surface area contributed by atoms with Gasteiger partial charge < -0.3 is 19.1 Å². The smallest absolute Gasteiger partial charge is 0.337 e. The lowest BCUT2D eigenvalue weighted by Gasteiger charge is -2.36. The Bertz CT molecular complexity index is 1400. The van der Waals surface area contributed by atoms with Crippen molar-refractivity contribution in [3.63, 3.8) is 0 Å². The Morgan fingerprint density at radius 3 is 2.24 bits per heavy atom. The van der Waals surface area contributed by atoms with E-state index in [1.54, 1.807) is 6.07 Å². The molecule has 37 heavy (non-hydrogen) atoms. The molecule has 1 aromatic heterocycles. The lowest BCUT2D eigenvalue weighted by Crippen LogP contribution is -2.49. The molecule has 1 aliphatic heterocycles. The molecule has 0 atom stereocenters. The average Bonchev–Trinajstić information content (AvgIpc) is 3.30. The van der Waals surface area contributed by atoms with Crippen LogP contribution in [0.2, 0.25) is 0 Å². The number of carbonyl (C=O) groups is 2. The first kappa shape index (κ1) is 24.6. The summed E-state index contributed by atoms with van der Waals surface area (Å²) in [6, 6.07) is 24.4. The van der Waals surface area contributed by atoms with Crippen LogP contribution in [0.5, 0.6) is 0 Å². The van der Waals surface area contributed by atoms with E-state index in [9.17, 15) is 9.59 Å². The van der Waals surface area contributed by atoms with Crippen molar-refractivity contribution >= 4 is 28.5 Å². The van der Waals surface area contributed by atoms with Crippen LogP contribution in [0.4, 0.5) is 5.69 Å². The van der Waals surface area contributed by atoms with Crippen molar-refractivity contribution in [1.29, 1.82) is 0 Å². The summed E-state index contributed by atoms with van der Waals surface area (Å²) in [6.45, 7) is 7.60. The number of esters is 1. The number of amides is 1. The number of piperazine rings is 1. The van der Waals surface area contributed by atoms with Crippen molar-refractivity contribution < 1.29 is 14.3 Å². The number of benzene rings is 3. The predicted molar refractivity (Wildman–Crippen MR) is 148 cm³/mol. The highest BCUT2D eigenvalue weighted by Gasteiger charge is 2.23. The third-order valence-electron chi connectivity index (χ3n) is 7.25. The number of nitrogens with zero attached hydrogens (tertiary/aromatic N) is 3. The van der Waals surface area contributed by atoms with Gasteiger partial charge in [-0.2, -0.15) is 0 Å². The molecule has 0 radical (unpaired) electrons. The molecule has 0 aliphatic carbocycles. The van der Waals surface area contributed by atoms with Gasteiger partial charge in [0.1, 0.15) is 6.54 Å². The summed E-state index contributed by atoms with van der Waals surface area (Å²) in [6.07, 6.45) is 2.02. The Balaban J connectivity index is 1.35. The number of aromatic nitrogens is 1. The van der Waals surface area contributed by atoms with Crippen LogP contribution < -0.4 is 4.90 Å². The van der Waals surface area contributed by atoms with Crippen molar-refractivity contribution in [3.8, 4) is 11.1 Å². The summed E-state index contributed by atoms with van der Waals surface area (Å²) < 4.78 is 6.89. The molecule has 1 amide bonds. The number of ether oxygens (including phenoxy) is 1. The quantitative estimate of drug-likeness (QED) is 0.328. The molecule has 0 saturated carbocycles. The highest BCUT2D eigenvalue weighted by atomic mass is 16.5. The number of anilines is 1. The molecular weight excluding hydrogens is 462 g/mol. The van der Waals surface area contributed by atoms with E-state index in [1.807, 2.05) is 46.0 Å². The van der Waals surface area contributed by atoms with E-state index in [1.165, 1.54) is 18.4 Å². The van der Waals surface area contributed by atoms with Crippen molar-refractivity contribution in [3.05, 3.63) is 90.1 Å². The van der Waals surface area contributed by atoms with E-state index < -0.39 is 0 Å². The predicted octanol–water partition coefficient (Wildman–Crippen LogP) is 5.57. The zero-order valence-corrected chi connectivity index (χ0v) is 21.7. The molecule has 190 valence electrons. The molecule has 4 aromatic rings. The third kappa shape index (κ3) is 5.10. The number of hydrogen-bond donors (Lipinski definition) is 0. The van der Waals surface area contributed by atoms with Crippen LogP contribution in [-0.4, -0.2) is 54.6 Å². The minimum atomic E-state index is -0.389. The molecule has 1 fully saturated rings. The topological polar surface area (TPSA) is 54.8 Å². The Kier molecular flexibility index (Phi) is 6.99. The van der Waals surface area contributed by atoms with Gasteiger partial charge in [-0.25, -0.2) is 4.79 Å². The Morgan fingerprint density at radius 2 is 1.59 bits per heavy atom. The molecule has 6 heteroatoms. The van der Waals surface area contributed by atoms with Crippen molar-refractivity contribution in [2.75, 3.05) is 38.2 Å². The highest BCUT2D eigenvalue weighted by molar-refractivity contribution is 6.01. The lowest BCUT2D eigenvalue weighted by atomic mass is 10.0. The van der Waals surface area contributed by atoms with Gasteiger partial charge in [-0.3, -0.25) is 4.79 Å². The van der Waals surface area contributed by atoms with E-state index in [0.29, 0.717) is 24.6 Å². The minimum Gasteiger partial charge on any atom is -0.465 e. The van der Waals surface area contributed by atoms with E-state index in [2.05, 4.69) is 55.1 Å². The van der Waals surface area contributed by atoms with Gasteiger partial charge in [0.15, 0.2) is 0 Å². The molecule has 3 aromatic carbocycles. The molecule has 0 bridgehead atoms. The fourth-order valence-electron chi connectivity index (χ4n) is 5.05. The van der Waals surface area contributed by atoms with Gasteiger partial charge >= 0.3 is 5.97 Å². The first-order chi connectivity index (χ1) is 17.9. The van der Waals surface area contributed by atoms with Crippen LogP contribution in [-0.2, 0) is 16.1 Å². The van der Waals surface area contributed by atoms with Gasteiger partial charge in [-0.1, -0.05) is 62.4 Å². The average molecular weight is 496 g/mol. The van der Waals surface area contributed by atoms with E-state index in [0.717, 1.165) is 35.1 Å². The zero-order chi connectivity index (χ0) is 25.9. The van der Waals surface area contributed by atoms with Gasteiger partial charge in [-0.05, 0) is 41.3 Å². The number of fused-ring (bicyclic) bond motifs is 1. The fourth-order valence-corrected chi connectivity index (χ4v) is 5.05. The summed E-state index contributed by atoms with van der Waals surface area (Å²) >= 11 is 0. The first-order valence-electron chi connectivity index (χ1n) is 12.8. The fraction of sp³-hybridized carbons (Fsp3) is 0.290. The number of rotatable bonds is 6. The second-order valence-electron chi connectivity index (χ2n) is 9.87. The van der Waals surface area contributed by atoms with Crippen LogP contribution in [0.15, 0.2) is 79.0 Å². The first-order valence-corrected chi connectivity index (χ1v) is 12.8. The van der Waals surface area contributed by atoms with Gasteiger partial charge in [0.2, 0.25) is 5.91 Å². The monoisotopic (exact) mass is 495 g/mol. The zero-order valence-electron chi connectivity index (χ0n) is 21.7. The second kappa shape index (κ2) is 10.5. The Morgan fingerprint density at radius 1 is 0.892 bits per heavy atom. The third-order valence-corrected chi connectivity index (χ3v) is 7.25. The maximum atomic E-state index is 13.4. The Labute approximate surface area is 218 Å². The molecule has 1 saturated heterocycles. The minimum absolute atomic E-state index is 0.0785. The number of hydrogen-bond acceptors (Lipinski definition) is 4. The molecule has 0 unspecified atom stereocenters. The van der Waals surface area contributed by atoms with E-state index in [-0.39, 0.29) is 18.4 Å². The maximum Gasteiger partial charge on any atom is 0.337 e. The summed E-state index contributed by atoms with van der Waals surface area (Å²) in [4.78, 5) is 29.9. The molecule has 0 spiro atoms. The molecule has 0 N–H and O–H groups in total. The van der Waals surface area contributed by atoms with Gasteiger partial charge in [-0.15, -0.1) is 0 Å². The molecule has 1 aliphatic rings. The van der Waals surface area contributed by atoms with Crippen molar-refractivity contribution in [2.45, 2.75) is 26.3 Å². The Hall–Kier alpha value is -4.06. The van der Waals surface area contributed by atoms with Crippen molar-refractivity contribution in [1.82, 2.24) is 9.47 Å². The lowest BCUT2D eigenvalue weighted by molar-refractivity contribution is -0.132.